The Kier molecular flexibility index (Phi) is 6.35. The molecule has 0 fully saturated rings. The van der Waals surface area contributed by atoms with Gasteiger partial charge in [0.15, 0.2) is 0 Å². The van der Waals surface area contributed by atoms with Crippen LogP contribution in [-0.4, -0.2) is 41.6 Å². The van der Waals surface area contributed by atoms with Crippen molar-refractivity contribution >= 4 is 12.0 Å². The molecule has 0 bridgehead atoms. The Hall–Kier alpha value is -2.11. The van der Waals surface area contributed by atoms with Gasteiger partial charge in [0.1, 0.15) is 11.4 Å². The minimum atomic E-state index is -0.643. The molecular formula is C18H27FN2O3. The summed E-state index contributed by atoms with van der Waals surface area (Å²) in [6, 6.07) is 5.84. The zero-order valence-electron chi connectivity index (χ0n) is 15.3. The Bertz CT molecular complexity index is 577. The number of carbonyl (C=O) groups is 2. The van der Waals surface area contributed by atoms with Crippen molar-refractivity contribution in [2.75, 3.05) is 13.6 Å². The highest BCUT2D eigenvalue weighted by molar-refractivity contribution is 5.78. The van der Waals surface area contributed by atoms with E-state index in [0.29, 0.717) is 6.54 Å². The molecular weight excluding hydrogens is 311 g/mol. The predicted octanol–water partition coefficient (Wildman–Crippen LogP) is 3.13. The first-order valence-electron chi connectivity index (χ1n) is 7.87. The Morgan fingerprint density at radius 1 is 1.12 bits per heavy atom. The van der Waals surface area contributed by atoms with E-state index in [2.05, 4.69) is 5.32 Å². The highest BCUT2D eigenvalue weighted by Crippen LogP contribution is 2.11. The van der Waals surface area contributed by atoms with E-state index in [-0.39, 0.29) is 18.1 Å². The molecule has 0 saturated carbocycles. The van der Waals surface area contributed by atoms with Crippen molar-refractivity contribution in [1.29, 1.82) is 0 Å². The SMILES string of the molecule is CN(CC(C)(C)NC(=O)OC(C)(C)C)C(=O)Cc1ccc(F)cc1. The third-order valence-electron chi connectivity index (χ3n) is 3.17. The first kappa shape index (κ1) is 19.9. The number of nitrogens with one attached hydrogen (secondary N) is 1. The normalized spacial score (nSPS) is 11.8. The number of carbonyl (C=O) groups excluding carboxylic acids is 2. The van der Waals surface area contributed by atoms with Gasteiger partial charge in [-0.15, -0.1) is 0 Å². The maximum Gasteiger partial charge on any atom is 0.408 e. The van der Waals surface area contributed by atoms with E-state index in [4.69, 9.17) is 4.74 Å². The van der Waals surface area contributed by atoms with Crippen LogP contribution in [0.15, 0.2) is 24.3 Å². The first-order chi connectivity index (χ1) is 10.9. The number of hydrogen-bond acceptors (Lipinski definition) is 3. The zero-order valence-corrected chi connectivity index (χ0v) is 15.3. The maximum atomic E-state index is 12.9. The van der Waals surface area contributed by atoms with Crippen molar-refractivity contribution in [1.82, 2.24) is 10.2 Å². The van der Waals surface area contributed by atoms with Gasteiger partial charge in [-0.05, 0) is 52.3 Å². The lowest BCUT2D eigenvalue weighted by molar-refractivity contribution is -0.130. The van der Waals surface area contributed by atoms with Gasteiger partial charge in [0.2, 0.25) is 5.91 Å². The van der Waals surface area contributed by atoms with Crippen LogP contribution in [0.25, 0.3) is 0 Å². The molecule has 1 aromatic rings. The van der Waals surface area contributed by atoms with Crippen molar-refractivity contribution in [3.63, 3.8) is 0 Å². The van der Waals surface area contributed by atoms with Gasteiger partial charge in [-0.25, -0.2) is 9.18 Å². The van der Waals surface area contributed by atoms with E-state index < -0.39 is 17.2 Å². The van der Waals surface area contributed by atoms with Gasteiger partial charge in [0, 0.05) is 13.6 Å². The second-order valence-corrected chi connectivity index (χ2v) is 7.56. The molecule has 5 nitrogen and oxygen atoms in total. The molecule has 1 N–H and O–H groups in total. The average Bonchev–Trinajstić information content (AvgIpc) is 2.37. The maximum absolute atomic E-state index is 12.9. The number of ether oxygens (including phenoxy) is 1. The van der Waals surface area contributed by atoms with E-state index in [0.717, 1.165) is 5.56 Å². The van der Waals surface area contributed by atoms with Gasteiger partial charge >= 0.3 is 6.09 Å². The summed E-state index contributed by atoms with van der Waals surface area (Å²) in [5, 5.41) is 2.77. The van der Waals surface area contributed by atoms with E-state index in [1.165, 1.54) is 12.1 Å². The van der Waals surface area contributed by atoms with Gasteiger partial charge in [-0.3, -0.25) is 4.79 Å². The number of nitrogens with zero attached hydrogens (tertiary/aromatic N) is 1. The molecule has 0 atom stereocenters. The number of rotatable bonds is 5. The largest absolute Gasteiger partial charge is 0.444 e. The summed E-state index contributed by atoms with van der Waals surface area (Å²) >= 11 is 0. The Morgan fingerprint density at radius 3 is 2.17 bits per heavy atom. The van der Waals surface area contributed by atoms with Gasteiger partial charge in [-0.2, -0.15) is 0 Å². The van der Waals surface area contributed by atoms with Crippen molar-refractivity contribution < 1.29 is 18.7 Å². The van der Waals surface area contributed by atoms with Crippen LogP contribution in [-0.2, 0) is 16.0 Å². The standard InChI is InChI=1S/C18H27FN2O3/c1-17(2,3)24-16(23)20-18(4,5)12-21(6)15(22)11-13-7-9-14(19)10-8-13/h7-10H,11-12H2,1-6H3,(H,20,23). The van der Waals surface area contributed by atoms with Gasteiger partial charge < -0.3 is 15.0 Å². The fourth-order valence-corrected chi connectivity index (χ4v) is 2.21. The van der Waals surface area contributed by atoms with Crippen molar-refractivity contribution in [2.45, 2.75) is 52.2 Å². The van der Waals surface area contributed by atoms with Crippen molar-refractivity contribution in [3.05, 3.63) is 35.6 Å². The highest BCUT2D eigenvalue weighted by Gasteiger charge is 2.27. The zero-order chi connectivity index (χ0) is 18.5. The second-order valence-electron chi connectivity index (χ2n) is 7.56. The van der Waals surface area contributed by atoms with E-state index in [1.54, 1.807) is 44.9 Å². The number of benzene rings is 1. The molecule has 1 rings (SSSR count). The third-order valence-corrected chi connectivity index (χ3v) is 3.17. The fourth-order valence-electron chi connectivity index (χ4n) is 2.21. The monoisotopic (exact) mass is 338 g/mol. The Labute approximate surface area is 143 Å². The third kappa shape index (κ3) is 7.44. The summed E-state index contributed by atoms with van der Waals surface area (Å²) < 4.78 is 18.1. The Morgan fingerprint density at radius 2 is 1.67 bits per heavy atom. The van der Waals surface area contributed by atoms with Crippen LogP contribution in [0, 0.1) is 5.82 Å². The minimum Gasteiger partial charge on any atom is -0.444 e. The van der Waals surface area contributed by atoms with Crippen molar-refractivity contribution in [3.8, 4) is 0 Å². The molecule has 24 heavy (non-hydrogen) atoms. The first-order valence-corrected chi connectivity index (χ1v) is 7.87. The topological polar surface area (TPSA) is 58.6 Å². The van der Waals surface area contributed by atoms with E-state index in [9.17, 15) is 14.0 Å². The lowest BCUT2D eigenvalue weighted by Crippen LogP contribution is -2.53. The molecule has 1 aromatic carbocycles. The summed E-state index contributed by atoms with van der Waals surface area (Å²) in [6.45, 7) is 9.33. The van der Waals surface area contributed by atoms with E-state index >= 15 is 0 Å². The molecule has 0 spiro atoms. The molecule has 0 unspecified atom stereocenters. The van der Waals surface area contributed by atoms with Gasteiger partial charge in [0.25, 0.3) is 0 Å². The van der Waals surface area contributed by atoms with Crippen LogP contribution in [0.1, 0.15) is 40.2 Å². The second kappa shape index (κ2) is 7.64. The summed E-state index contributed by atoms with van der Waals surface area (Å²) in [7, 11) is 1.67. The van der Waals surface area contributed by atoms with E-state index in [1.807, 2.05) is 13.8 Å². The molecule has 0 saturated heterocycles. The quantitative estimate of drug-likeness (QED) is 0.897. The van der Waals surface area contributed by atoms with Crippen molar-refractivity contribution in [2.24, 2.45) is 0 Å². The minimum absolute atomic E-state index is 0.110. The molecule has 0 aliphatic rings. The van der Waals surface area contributed by atoms with Gasteiger partial charge in [0.05, 0.1) is 12.0 Å². The van der Waals surface area contributed by atoms with Crippen LogP contribution >= 0.6 is 0 Å². The molecule has 134 valence electrons. The number of amides is 2. The van der Waals surface area contributed by atoms with Crippen LogP contribution in [0.3, 0.4) is 0 Å². The highest BCUT2D eigenvalue weighted by atomic mass is 19.1. The molecule has 0 heterocycles. The average molecular weight is 338 g/mol. The predicted molar refractivity (Wildman–Crippen MR) is 91.2 cm³/mol. The van der Waals surface area contributed by atoms with Crippen LogP contribution in [0.2, 0.25) is 0 Å². The van der Waals surface area contributed by atoms with Crippen LogP contribution in [0.4, 0.5) is 9.18 Å². The Balaban J connectivity index is 2.57. The van der Waals surface area contributed by atoms with Crippen LogP contribution in [0.5, 0.6) is 0 Å². The van der Waals surface area contributed by atoms with Gasteiger partial charge in [-0.1, -0.05) is 12.1 Å². The molecule has 0 aliphatic heterocycles. The smallest absolute Gasteiger partial charge is 0.408 e. The summed E-state index contributed by atoms with van der Waals surface area (Å²) in [6.07, 6.45) is -0.342. The lowest BCUT2D eigenvalue weighted by Gasteiger charge is -2.32. The molecule has 0 radical (unpaired) electrons. The number of hydrogen-bond donors (Lipinski definition) is 1. The molecule has 0 aliphatic carbocycles. The fraction of sp³-hybridized carbons (Fsp3) is 0.556. The molecule has 6 heteroatoms. The number of likely N-dealkylation sites (N-methyl/N-ethyl adjacent to an activating group) is 1. The summed E-state index contributed by atoms with van der Waals surface area (Å²) in [5.41, 5.74) is -0.480. The molecule has 0 aromatic heterocycles. The number of alkyl carbamates (subject to hydrolysis) is 1. The lowest BCUT2D eigenvalue weighted by atomic mass is 10.0. The number of halogens is 1. The summed E-state index contributed by atoms with van der Waals surface area (Å²) in [4.78, 5) is 25.7. The van der Waals surface area contributed by atoms with Crippen LogP contribution < -0.4 is 5.32 Å². The summed E-state index contributed by atoms with van der Waals surface area (Å²) in [5.74, 6) is -0.442. The molecule has 2 amide bonds.